The van der Waals surface area contributed by atoms with Crippen LogP contribution >= 0.6 is 11.3 Å². The number of halogens is 5. The number of nitrogens with zero attached hydrogens (tertiary/aromatic N) is 1. The van der Waals surface area contributed by atoms with Crippen LogP contribution in [0.4, 0.5) is 22.0 Å². The van der Waals surface area contributed by atoms with E-state index in [-0.39, 0.29) is 16.5 Å². The topological polar surface area (TPSA) is 39.2 Å². The van der Waals surface area contributed by atoms with Crippen molar-refractivity contribution >= 4 is 17.3 Å². The predicted molar refractivity (Wildman–Crippen MR) is 68.0 cm³/mol. The molecule has 0 bridgehead atoms. The van der Waals surface area contributed by atoms with E-state index >= 15 is 0 Å². The number of ether oxygens (including phenoxy) is 1. The molecule has 0 saturated heterocycles. The van der Waals surface area contributed by atoms with E-state index < -0.39 is 46.3 Å². The van der Waals surface area contributed by atoms with Crippen LogP contribution in [0.3, 0.4) is 0 Å². The van der Waals surface area contributed by atoms with Crippen LogP contribution in [0.25, 0.3) is 11.3 Å². The molecule has 2 aromatic rings. The summed E-state index contributed by atoms with van der Waals surface area (Å²) < 4.78 is 71.9. The molecule has 0 aliphatic carbocycles. The summed E-state index contributed by atoms with van der Waals surface area (Å²) >= 11 is 0.733. The van der Waals surface area contributed by atoms with Crippen LogP contribution in [0, 0.1) is 36.0 Å². The Bertz CT molecular complexity index is 730. The van der Waals surface area contributed by atoms with Gasteiger partial charge in [-0.15, -0.1) is 11.3 Å². The summed E-state index contributed by atoms with van der Waals surface area (Å²) in [4.78, 5) is 15.1. The maximum absolute atomic E-state index is 13.8. The van der Waals surface area contributed by atoms with Crippen molar-refractivity contribution in [2.45, 2.75) is 13.8 Å². The van der Waals surface area contributed by atoms with Crippen molar-refractivity contribution in [3.05, 3.63) is 39.0 Å². The zero-order valence-corrected chi connectivity index (χ0v) is 12.1. The summed E-state index contributed by atoms with van der Waals surface area (Å²) in [6, 6.07) is 0. The first kappa shape index (κ1) is 16.3. The molecule has 1 aromatic carbocycles. The SMILES string of the molecule is CCOC(=O)c1sc(C)nc1-c1c(F)c(F)c(F)c(F)c1F. The Balaban J connectivity index is 2.76. The Morgan fingerprint density at radius 3 is 2.05 bits per heavy atom. The van der Waals surface area contributed by atoms with Gasteiger partial charge in [0.1, 0.15) is 10.6 Å². The van der Waals surface area contributed by atoms with Crippen molar-refractivity contribution in [2.24, 2.45) is 0 Å². The van der Waals surface area contributed by atoms with E-state index in [1.54, 1.807) is 0 Å². The van der Waals surface area contributed by atoms with Gasteiger partial charge in [-0.1, -0.05) is 0 Å². The molecule has 3 nitrogen and oxygen atoms in total. The minimum Gasteiger partial charge on any atom is -0.462 e. The summed E-state index contributed by atoms with van der Waals surface area (Å²) in [5.74, 6) is -11.5. The molecule has 0 saturated carbocycles. The van der Waals surface area contributed by atoms with Crippen LogP contribution < -0.4 is 0 Å². The predicted octanol–water partition coefficient (Wildman–Crippen LogP) is 3.99. The lowest BCUT2D eigenvalue weighted by atomic mass is 10.1. The molecule has 0 N–H and O–H groups in total. The molecule has 22 heavy (non-hydrogen) atoms. The number of hydrogen-bond acceptors (Lipinski definition) is 4. The zero-order valence-electron chi connectivity index (χ0n) is 11.3. The molecule has 0 radical (unpaired) electrons. The average molecular weight is 337 g/mol. The highest BCUT2D eigenvalue weighted by molar-refractivity contribution is 7.14. The molecule has 0 aliphatic heterocycles. The van der Waals surface area contributed by atoms with Crippen LogP contribution in [-0.4, -0.2) is 17.6 Å². The number of aromatic nitrogens is 1. The summed E-state index contributed by atoms with van der Waals surface area (Å²) in [5.41, 5.74) is -1.88. The van der Waals surface area contributed by atoms with Gasteiger partial charge in [0, 0.05) is 0 Å². The van der Waals surface area contributed by atoms with Crippen molar-refractivity contribution in [1.29, 1.82) is 0 Å². The van der Waals surface area contributed by atoms with Crippen LogP contribution in [0.1, 0.15) is 21.6 Å². The van der Waals surface area contributed by atoms with Crippen molar-refractivity contribution in [3.63, 3.8) is 0 Å². The van der Waals surface area contributed by atoms with Gasteiger partial charge in [-0.2, -0.15) is 0 Å². The minimum absolute atomic E-state index is 0.0215. The molecule has 0 atom stereocenters. The Morgan fingerprint density at radius 1 is 1.05 bits per heavy atom. The number of benzene rings is 1. The van der Waals surface area contributed by atoms with Crippen molar-refractivity contribution in [1.82, 2.24) is 4.98 Å². The maximum atomic E-state index is 13.8. The van der Waals surface area contributed by atoms with E-state index in [1.807, 2.05) is 0 Å². The number of thiazole rings is 1. The monoisotopic (exact) mass is 337 g/mol. The van der Waals surface area contributed by atoms with Crippen LogP contribution in [0.15, 0.2) is 0 Å². The Morgan fingerprint density at radius 2 is 1.55 bits per heavy atom. The molecular weight excluding hydrogens is 329 g/mol. The number of esters is 1. The lowest BCUT2D eigenvalue weighted by Crippen LogP contribution is -2.08. The number of carbonyl (C=O) groups is 1. The van der Waals surface area contributed by atoms with E-state index in [0.29, 0.717) is 0 Å². The first-order valence-corrected chi connectivity index (χ1v) is 6.77. The van der Waals surface area contributed by atoms with Crippen LogP contribution in [0.2, 0.25) is 0 Å². The number of hydrogen-bond donors (Lipinski definition) is 0. The molecule has 2 rings (SSSR count). The third-order valence-corrected chi connectivity index (χ3v) is 3.59. The van der Waals surface area contributed by atoms with Gasteiger partial charge in [-0.05, 0) is 13.8 Å². The highest BCUT2D eigenvalue weighted by atomic mass is 32.1. The van der Waals surface area contributed by atoms with Gasteiger partial charge in [0.15, 0.2) is 23.3 Å². The second-order valence-electron chi connectivity index (χ2n) is 4.08. The number of aryl methyl sites for hydroxylation is 1. The summed E-state index contributed by atoms with van der Waals surface area (Å²) in [6.45, 7) is 2.90. The van der Waals surface area contributed by atoms with E-state index in [9.17, 15) is 26.7 Å². The fourth-order valence-corrected chi connectivity index (χ4v) is 2.56. The number of carbonyl (C=O) groups excluding carboxylic acids is 1. The van der Waals surface area contributed by atoms with Crippen molar-refractivity contribution < 1.29 is 31.5 Å². The van der Waals surface area contributed by atoms with Crippen LogP contribution in [-0.2, 0) is 4.74 Å². The van der Waals surface area contributed by atoms with E-state index in [4.69, 9.17) is 4.74 Å². The Hall–Kier alpha value is -2.03. The highest BCUT2D eigenvalue weighted by Crippen LogP contribution is 2.35. The van der Waals surface area contributed by atoms with Crippen LogP contribution in [0.5, 0.6) is 0 Å². The summed E-state index contributed by atoms with van der Waals surface area (Å²) in [7, 11) is 0. The largest absolute Gasteiger partial charge is 0.462 e. The molecule has 9 heteroatoms. The van der Waals surface area contributed by atoms with Gasteiger partial charge in [-0.25, -0.2) is 31.7 Å². The fraction of sp³-hybridized carbons (Fsp3) is 0.231. The summed E-state index contributed by atoms with van der Waals surface area (Å²) in [5, 5.41) is 0.210. The lowest BCUT2D eigenvalue weighted by Gasteiger charge is -2.07. The molecule has 118 valence electrons. The van der Waals surface area contributed by atoms with Gasteiger partial charge >= 0.3 is 5.97 Å². The maximum Gasteiger partial charge on any atom is 0.350 e. The molecule has 1 aromatic heterocycles. The van der Waals surface area contributed by atoms with Gasteiger partial charge in [-0.3, -0.25) is 0 Å². The van der Waals surface area contributed by atoms with Crippen molar-refractivity contribution in [2.75, 3.05) is 6.61 Å². The van der Waals surface area contributed by atoms with Crippen molar-refractivity contribution in [3.8, 4) is 11.3 Å². The molecular formula is C13H8F5NO2S. The first-order chi connectivity index (χ1) is 10.3. The molecule has 0 unspecified atom stereocenters. The standard InChI is InChI=1S/C13H8F5NO2S/c1-3-21-13(20)12-11(19-4(2)22-12)5-6(14)8(16)10(18)9(17)7(5)15/h3H2,1-2H3. The highest BCUT2D eigenvalue weighted by Gasteiger charge is 2.31. The second-order valence-corrected chi connectivity index (χ2v) is 5.28. The normalized spacial score (nSPS) is 10.9. The molecule has 0 aliphatic rings. The number of rotatable bonds is 3. The summed E-state index contributed by atoms with van der Waals surface area (Å²) in [6.07, 6.45) is 0. The van der Waals surface area contributed by atoms with Gasteiger partial charge in [0.25, 0.3) is 0 Å². The van der Waals surface area contributed by atoms with Gasteiger partial charge < -0.3 is 4.74 Å². The molecule has 0 amide bonds. The average Bonchev–Trinajstić information content (AvgIpc) is 2.85. The smallest absolute Gasteiger partial charge is 0.350 e. The Kier molecular flexibility index (Phi) is 4.45. The van der Waals surface area contributed by atoms with E-state index in [0.717, 1.165) is 11.3 Å². The lowest BCUT2D eigenvalue weighted by molar-refractivity contribution is 0.0532. The molecule has 0 spiro atoms. The zero-order chi connectivity index (χ0) is 16.6. The van der Waals surface area contributed by atoms with Gasteiger partial charge in [0.05, 0.1) is 17.2 Å². The third-order valence-electron chi connectivity index (χ3n) is 2.64. The van der Waals surface area contributed by atoms with Gasteiger partial charge in [0.2, 0.25) is 5.82 Å². The Labute approximate surface area is 125 Å². The second kappa shape index (κ2) is 5.99. The molecule has 1 heterocycles. The quantitative estimate of drug-likeness (QED) is 0.368. The fourth-order valence-electron chi connectivity index (χ4n) is 1.74. The van der Waals surface area contributed by atoms with E-state index in [2.05, 4.69) is 4.98 Å². The third kappa shape index (κ3) is 2.56. The molecule has 0 fully saturated rings. The first-order valence-electron chi connectivity index (χ1n) is 5.95. The minimum atomic E-state index is -2.27. The van der Waals surface area contributed by atoms with E-state index in [1.165, 1.54) is 13.8 Å².